The molecule has 0 radical (unpaired) electrons. The summed E-state index contributed by atoms with van der Waals surface area (Å²) in [5.41, 5.74) is 1.01. The molecule has 0 spiro atoms. The van der Waals surface area contributed by atoms with Crippen molar-refractivity contribution < 1.29 is 4.74 Å². The summed E-state index contributed by atoms with van der Waals surface area (Å²) < 4.78 is 7.85. The summed E-state index contributed by atoms with van der Waals surface area (Å²) in [4.78, 5) is 4.31. The largest absolute Gasteiger partial charge is 0.474 e. The van der Waals surface area contributed by atoms with Gasteiger partial charge in [-0.2, -0.15) is 0 Å². The van der Waals surface area contributed by atoms with Crippen LogP contribution < -0.4 is 4.74 Å². The van der Waals surface area contributed by atoms with Gasteiger partial charge in [-0.3, -0.25) is 0 Å². The van der Waals surface area contributed by atoms with Crippen LogP contribution in [-0.2, 0) is 12.5 Å². The number of hydrogen-bond acceptors (Lipinski definition) is 4. The number of rotatable bonds is 4. The van der Waals surface area contributed by atoms with E-state index in [0.717, 1.165) is 37.1 Å². The molecule has 2 aromatic rings. The standard InChI is InChI=1S/C16H19ClN4O/c1-10-7-16(8-10,15-20-18-9-21(15)2)11-5-13(17)19-14(6-11)22-12-3-4-12/h5-6,9-10,12H,3-4,7-8H2,1-2H3. The van der Waals surface area contributed by atoms with Crippen LogP contribution in [0.4, 0.5) is 0 Å². The molecule has 0 amide bonds. The van der Waals surface area contributed by atoms with Crippen LogP contribution in [0.5, 0.6) is 5.88 Å². The Morgan fingerprint density at radius 2 is 2.09 bits per heavy atom. The minimum absolute atomic E-state index is 0.126. The molecule has 6 heteroatoms. The molecule has 0 saturated heterocycles. The maximum atomic E-state index is 6.24. The molecule has 0 aromatic carbocycles. The number of ether oxygens (including phenoxy) is 1. The van der Waals surface area contributed by atoms with Crippen molar-refractivity contribution in [3.05, 3.63) is 35.0 Å². The Balaban J connectivity index is 1.77. The Morgan fingerprint density at radius 1 is 1.32 bits per heavy atom. The van der Waals surface area contributed by atoms with Crippen LogP contribution in [0.1, 0.15) is 44.0 Å². The highest BCUT2D eigenvalue weighted by atomic mass is 35.5. The molecule has 2 aliphatic carbocycles. The molecule has 0 atom stereocenters. The lowest BCUT2D eigenvalue weighted by molar-refractivity contribution is 0.184. The van der Waals surface area contributed by atoms with Gasteiger partial charge < -0.3 is 9.30 Å². The molecule has 2 heterocycles. The molecule has 2 fully saturated rings. The van der Waals surface area contributed by atoms with Crippen molar-refractivity contribution in [3.63, 3.8) is 0 Å². The van der Waals surface area contributed by atoms with Crippen LogP contribution in [-0.4, -0.2) is 25.9 Å². The molecule has 0 unspecified atom stereocenters. The first-order valence-electron chi connectivity index (χ1n) is 7.76. The highest BCUT2D eigenvalue weighted by Gasteiger charge is 2.48. The minimum atomic E-state index is -0.126. The predicted octanol–water partition coefficient (Wildman–Crippen LogP) is 3.12. The molecule has 2 aliphatic rings. The molecule has 116 valence electrons. The summed E-state index contributed by atoms with van der Waals surface area (Å²) in [6.07, 6.45) is 6.37. The summed E-state index contributed by atoms with van der Waals surface area (Å²) in [5.74, 6) is 2.28. The first-order chi connectivity index (χ1) is 10.6. The van der Waals surface area contributed by atoms with E-state index in [0.29, 0.717) is 23.1 Å². The van der Waals surface area contributed by atoms with Crippen molar-refractivity contribution in [2.24, 2.45) is 13.0 Å². The lowest BCUT2D eigenvalue weighted by Gasteiger charge is -2.46. The molecule has 0 bridgehead atoms. The molecular formula is C16H19ClN4O. The Hall–Kier alpha value is -1.62. The SMILES string of the molecule is CC1CC(c2cc(Cl)nc(OC3CC3)c2)(c2nncn2C)C1. The highest BCUT2D eigenvalue weighted by Crippen LogP contribution is 2.52. The number of aromatic nitrogens is 4. The molecule has 2 aromatic heterocycles. The van der Waals surface area contributed by atoms with Gasteiger partial charge in [0.2, 0.25) is 5.88 Å². The van der Waals surface area contributed by atoms with Crippen molar-refractivity contribution in [2.45, 2.75) is 44.1 Å². The monoisotopic (exact) mass is 318 g/mol. The zero-order chi connectivity index (χ0) is 15.3. The van der Waals surface area contributed by atoms with E-state index < -0.39 is 0 Å². The van der Waals surface area contributed by atoms with E-state index in [9.17, 15) is 0 Å². The van der Waals surface area contributed by atoms with Gasteiger partial charge in [0.1, 0.15) is 23.4 Å². The summed E-state index contributed by atoms with van der Waals surface area (Å²) in [5, 5.41) is 8.90. The Kier molecular flexibility index (Phi) is 3.15. The molecule has 0 aliphatic heterocycles. The fourth-order valence-corrected chi connectivity index (χ4v) is 3.76. The van der Waals surface area contributed by atoms with Crippen molar-refractivity contribution >= 4 is 11.6 Å². The Bertz CT molecular complexity index is 704. The van der Waals surface area contributed by atoms with Crippen LogP contribution >= 0.6 is 11.6 Å². The number of pyridine rings is 1. The fraction of sp³-hybridized carbons (Fsp3) is 0.562. The Labute approximate surface area is 134 Å². The second-order valence-electron chi connectivity index (χ2n) is 6.69. The topological polar surface area (TPSA) is 52.8 Å². The molecule has 0 N–H and O–H groups in total. The number of aryl methyl sites for hydroxylation is 1. The van der Waals surface area contributed by atoms with Crippen LogP contribution in [0.3, 0.4) is 0 Å². The molecule has 2 saturated carbocycles. The van der Waals surface area contributed by atoms with Gasteiger partial charge in [0.05, 0.1) is 5.41 Å². The predicted molar refractivity (Wildman–Crippen MR) is 83.1 cm³/mol. The van der Waals surface area contributed by atoms with Gasteiger partial charge in [0.15, 0.2) is 0 Å². The lowest BCUT2D eigenvalue weighted by Crippen LogP contribution is -2.43. The second-order valence-corrected chi connectivity index (χ2v) is 7.08. The van der Waals surface area contributed by atoms with Crippen molar-refractivity contribution in [1.29, 1.82) is 0 Å². The van der Waals surface area contributed by atoms with Crippen molar-refractivity contribution in [3.8, 4) is 5.88 Å². The van der Waals surface area contributed by atoms with E-state index in [1.807, 2.05) is 23.7 Å². The van der Waals surface area contributed by atoms with Crippen molar-refractivity contribution in [2.75, 3.05) is 0 Å². The normalized spacial score (nSPS) is 27.5. The molecule has 22 heavy (non-hydrogen) atoms. The van der Waals surface area contributed by atoms with Crippen LogP contribution in [0.25, 0.3) is 0 Å². The number of halogens is 1. The summed E-state index contributed by atoms with van der Waals surface area (Å²) in [6.45, 7) is 2.26. The third-order valence-corrected chi connectivity index (χ3v) is 4.86. The average Bonchev–Trinajstić information content (AvgIpc) is 3.13. The van der Waals surface area contributed by atoms with Gasteiger partial charge >= 0.3 is 0 Å². The average molecular weight is 319 g/mol. The third-order valence-electron chi connectivity index (χ3n) is 4.67. The van der Waals surface area contributed by atoms with Crippen LogP contribution in [0.15, 0.2) is 18.5 Å². The fourth-order valence-electron chi connectivity index (χ4n) is 3.56. The molecular weight excluding hydrogens is 300 g/mol. The van der Waals surface area contributed by atoms with Gasteiger partial charge in [-0.05, 0) is 43.2 Å². The maximum absolute atomic E-state index is 6.24. The van der Waals surface area contributed by atoms with E-state index in [1.54, 1.807) is 6.33 Å². The summed E-state index contributed by atoms with van der Waals surface area (Å²) in [7, 11) is 1.99. The maximum Gasteiger partial charge on any atom is 0.215 e. The summed E-state index contributed by atoms with van der Waals surface area (Å²) in [6, 6.07) is 3.98. The zero-order valence-corrected chi connectivity index (χ0v) is 13.5. The van der Waals surface area contributed by atoms with Gasteiger partial charge in [-0.25, -0.2) is 4.98 Å². The lowest BCUT2D eigenvalue weighted by atomic mass is 9.58. The van der Waals surface area contributed by atoms with Crippen LogP contribution in [0.2, 0.25) is 5.15 Å². The van der Waals surface area contributed by atoms with Crippen LogP contribution in [0, 0.1) is 5.92 Å². The van der Waals surface area contributed by atoms with Gasteiger partial charge in [-0.1, -0.05) is 18.5 Å². The molecule has 5 nitrogen and oxygen atoms in total. The zero-order valence-electron chi connectivity index (χ0n) is 12.8. The first-order valence-corrected chi connectivity index (χ1v) is 8.14. The van der Waals surface area contributed by atoms with Gasteiger partial charge in [-0.15, -0.1) is 10.2 Å². The van der Waals surface area contributed by atoms with E-state index in [2.05, 4.69) is 22.1 Å². The van der Waals surface area contributed by atoms with E-state index in [-0.39, 0.29) is 5.41 Å². The van der Waals surface area contributed by atoms with E-state index in [4.69, 9.17) is 16.3 Å². The van der Waals surface area contributed by atoms with Crippen molar-refractivity contribution in [1.82, 2.24) is 19.7 Å². The van der Waals surface area contributed by atoms with Gasteiger partial charge in [0.25, 0.3) is 0 Å². The molecule has 4 rings (SSSR count). The van der Waals surface area contributed by atoms with Gasteiger partial charge in [0, 0.05) is 13.1 Å². The Morgan fingerprint density at radius 3 is 2.68 bits per heavy atom. The number of nitrogens with zero attached hydrogens (tertiary/aromatic N) is 4. The quantitative estimate of drug-likeness (QED) is 0.813. The summed E-state index contributed by atoms with van der Waals surface area (Å²) >= 11 is 6.24. The minimum Gasteiger partial charge on any atom is -0.474 e. The van der Waals surface area contributed by atoms with E-state index in [1.165, 1.54) is 0 Å². The third kappa shape index (κ3) is 2.28. The first kappa shape index (κ1) is 14.0. The van der Waals surface area contributed by atoms with E-state index >= 15 is 0 Å². The number of hydrogen-bond donors (Lipinski definition) is 0. The smallest absolute Gasteiger partial charge is 0.215 e. The highest BCUT2D eigenvalue weighted by molar-refractivity contribution is 6.29. The second kappa shape index (κ2) is 4.95.